The van der Waals surface area contributed by atoms with Gasteiger partial charge in [-0.15, -0.1) is 0 Å². The molecule has 19 heteroatoms. The first kappa shape index (κ1) is 42.2. The van der Waals surface area contributed by atoms with Gasteiger partial charge < -0.3 is 49.9 Å². The van der Waals surface area contributed by atoms with Gasteiger partial charge in [-0.25, -0.2) is 13.1 Å². The number of ketones is 1. The molecule has 0 heterocycles. The van der Waals surface area contributed by atoms with Crippen molar-refractivity contribution >= 4 is 61.9 Å². The summed E-state index contributed by atoms with van der Waals surface area (Å²) in [5.41, 5.74) is 27.4. The fourth-order valence-electron chi connectivity index (χ4n) is 4.99. The summed E-state index contributed by atoms with van der Waals surface area (Å²) in [7, 11) is -3.80. The number of rotatable bonds is 24. The summed E-state index contributed by atoms with van der Waals surface area (Å²) in [6, 6.07) is 7.88. The number of anilines is 1. The van der Waals surface area contributed by atoms with Gasteiger partial charge in [0, 0.05) is 36.1 Å². The molecule has 3 amide bonds. The number of amides is 3. The number of benzene rings is 2. The Hall–Kier alpha value is -5.01. The van der Waals surface area contributed by atoms with Crippen LogP contribution in [0, 0.1) is 0 Å². The number of aliphatic imine (C=N–C) groups is 2. The highest BCUT2D eigenvalue weighted by Crippen LogP contribution is 2.29. The van der Waals surface area contributed by atoms with E-state index >= 15 is 0 Å². The predicted octanol–water partition coefficient (Wildman–Crippen LogP) is -1.56. The number of hydrogen-bond acceptors (Lipinski definition) is 10. The lowest BCUT2D eigenvalue weighted by Gasteiger charge is -2.23. The minimum atomic E-state index is -3.80. The first-order valence-electron chi connectivity index (χ1n) is 16.7. The summed E-state index contributed by atoms with van der Waals surface area (Å²) in [6.07, 6.45) is 3.49. The van der Waals surface area contributed by atoms with Crippen LogP contribution < -0.4 is 54.7 Å². The van der Waals surface area contributed by atoms with Gasteiger partial charge in [0.2, 0.25) is 27.7 Å². The molecule has 0 aliphatic rings. The molecule has 0 aliphatic carbocycles. The van der Waals surface area contributed by atoms with Crippen LogP contribution in [0.25, 0.3) is 10.8 Å². The minimum absolute atomic E-state index is 0.112. The predicted molar refractivity (Wildman–Crippen MR) is 198 cm³/mol. The third-order valence-electron chi connectivity index (χ3n) is 7.58. The first-order chi connectivity index (χ1) is 24.3. The summed E-state index contributed by atoms with van der Waals surface area (Å²) >= 11 is 0. The zero-order valence-electron chi connectivity index (χ0n) is 29.0. The van der Waals surface area contributed by atoms with Crippen LogP contribution in [0.15, 0.2) is 51.3 Å². The van der Waals surface area contributed by atoms with Crippen molar-refractivity contribution in [3.05, 3.63) is 36.4 Å². The quantitative estimate of drug-likeness (QED) is 0.0333. The molecule has 282 valence electrons. The fourth-order valence-corrected chi connectivity index (χ4v) is 6.29. The van der Waals surface area contributed by atoms with E-state index in [0.29, 0.717) is 35.8 Å². The van der Waals surface area contributed by atoms with Crippen LogP contribution in [0.3, 0.4) is 0 Å². The van der Waals surface area contributed by atoms with Gasteiger partial charge in [0.25, 0.3) is 0 Å². The summed E-state index contributed by atoms with van der Waals surface area (Å²) < 4.78 is 28.9. The third-order valence-corrected chi connectivity index (χ3v) is 9.10. The number of Topliss-reactive ketones (excluding diaryl/α,β-unsaturated/α-hetero) is 1. The number of guanidine groups is 2. The van der Waals surface area contributed by atoms with E-state index in [1.54, 1.807) is 30.3 Å². The third kappa shape index (κ3) is 15.2. The van der Waals surface area contributed by atoms with Crippen molar-refractivity contribution in [1.29, 1.82) is 0 Å². The highest BCUT2D eigenvalue weighted by Gasteiger charge is 2.27. The van der Waals surface area contributed by atoms with E-state index in [9.17, 15) is 27.6 Å². The monoisotopic (exact) mass is 732 g/mol. The average Bonchev–Trinajstić information content (AvgIpc) is 3.09. The molecule has 2 atom stereocenters. The zero-order valence-corrected chi connectivity index (χ0v) is 29.8. The Labute approximate surface area is 298 Å². The molecule has 2 aromatic carbocycles. The molecule has 0 unspecified atom stereocenters. The van der Waals surface area contributed by atoms with Crippen LogP contribution in [0.4, 0.5) is 5.69 Å². The summed E-state index contributed by atoms with van der Waals surface area (Å²) in [4.78, 5) is 59.2. The SMILES string of the molecule is CCCCCNS(=O)(=O)c1cccc2c(NCC(=O)[C@H](CCCN=C(N)N)NC(=O)[C@H](CCCN=C(N)N)NC(=O)CNC(=O)CN)cccc12. The lowest BCUT2D eigenvalue weighted by molar-refractivity contribution is -0.131. The van der Waals surface area contributed by atoms with Gasteiger partial charge in [0.05, 0.1) is 30.6 Å². The second kappa shape index (κ2) is 21.9. The van der Waals surface area contributed by atoms with Crippen LogP contribution in [-0.4, -0.2) is 95.2 Å². The molecule has 0 aliphatic heterocycles. The van der Waals surface area contributed by atoms with E-state index in [2.05, 4.69) is 36.0 Å². The number of nitrogens with zero attached hydrogens (tertiary/aromatic N) is 2. The molecule has 0 saturated heterocycles. The number of nitrogens with two attached hydrogens (primary N) is 5. The average molecular weight is 733 g/mol. The molecule has 15 N–H and O–H groups in total. The Morgan fingerprint density at radius 2 is 1.39 bits per heavy atom. The maximum absolute atomic E-state index is 13.6. The van der Waals surface area contributed by atoms with Crippen LogP contribution >= 0.6 is 0 Å². The second-order valence-corrected chi connectivity index (χ2v) is 13.4. The highest BCUT2D eigenvalue weighted by molar-refractivity contribution is 7.89. The Morgan fingerprint density at radius 3 is 2.02 bits per heavy atom. The number of carbonyl (C=O) groups excluding carboxylic acids is 4. The molecule has 51 heavy (non-hydrogen) atoms. The van der Waals surface area contributed by atoms with Gasteiger partial charge in [0.1, 0.15) is 6.04 Å². The fraction of sp³-hybridized carbons (Fsp3) is 0.500. The number of unbranched alkanes of at least 4 members (excludes halogenated alkanes) is 2. The van der Waals surface area contributed by atoms with Crippen molar-refractivity contribution < 1.29 is 27.6 Å². The maximum atomic E-state index is 13.6. The van der Waals surface area contributed by atoms with Crippen molar-refractivity contribution in [2.24, 2.45) is 38.7 Å². The summed E-state index contributed by atoms with van der Waals surface area (Å²) in [6.45, 7) is 1.77. The molecule has 0 spiro atoms. The van der Waals surface area contributed by atoms with E-state index < -0.39 is 52.2 Å². The molecular weight excluding hydrogens is 680 g/mol. The molecular formula is C32H52N12O6S. The number of fused-ring (bicyclic) bond motifs is 1. The maximum Gasteiger partial charge on any atom is 0.243 e. The Kier molecular flexibility index (Phi) is 18.1. The molecule has 0 radical (unpaired) electrons. The lowest BCUT2D eigenvalue weighted by Crippen LogP contribution is -2.53. The lowest BCUT2D eigenvalue weighted by atomic mass is 10.0. The van der Waals surface area contributed by atoms with Crippen LogP contribution in [0.5, 0.6) is 0 Å². The molecule has 2 rings (SSSR count). The Morgan fingerprint density at radius 1 is 0.765 bits per heavy atom. The smallest absolute Gasteiger partial charge is 0.243 e. The standard InChI is InChI=1S/C32H52N12O6S/c1-2-3-4-17-42-51(49,50)27-14-6-9-21-22(27)10-5-11-23(21)40-19-26(45)24(12-7-15-38-31(34)35)44-30(48)25(13-8-16-39-32(36)37)43-29(47)20-41-28(46)18-33/h5-6,9-11,14,24-25,40,42H,2-4,7-8,12-13,15-20,33H2,1H3,(H,41,46)(H,43,47)(H,44,48)(H4,34,35,38)(H4,36,37,39)/t24-,25-/m0/s1. The van der Waals surface area contributed by atoms with Gasteiger partial charge in [-0.3, -0.25) is 29.2 Å². The van der Waals surface area contributed by atoms with Gasteiger partial charge in [-0.05, 0) is 44.2 Å². The van der Waals surface area contributed by atoms with Gasteiger partial charge in [-0.1, -0.05) is 44.0 Å². The van der Waals surface area contributed by atoms with Gasteiger partial charge >= 0.3 is 0 Å². The minimum Gasteiger partial charge on any atom is -0.377 e. The molecule has 18 nitrogen and oxygen atoms in total. The van der Waals surface area contributed by atoms with E-state index in [1.165, 1.54) is 6.07 Å². The Bertz CT molecular complexity index is 1640. The van der Waals surface area contributed by atoms with E-state index in [1.807, 2.05) is 6.92 Å². The summed E-state index contributed by atoms with van der Waals surface area (Å²) in [5.74, 6) is -2.50. The second-order valence-electron chi connectivity index (χ2n) is 11.6. The van der Waals surface area contributed by atoms with Crippen molar-refractivity contribution in [2.45, 2.75) is 68.8 Å². The molecule has 0 saturated carbocycles. The number of hydrogen-bond donors (Lipinski definition) is 10. The van der Waals surface area contributed by atoms with Gasteiger partial charge in [-0.2, -0.15) is 0 Å². The Balaban J connectivity index is 2.27. The van der Waals surface area contributed by atoms with Crippen molar-refractivity contribution in [1.82, 2.24) is 20.7 Å². The number of sulfonamides is 1. The van der Waals surface area contributed by atoms with Gasteiger partial charge in [0.15, 0.2) is 17.7 Å². The van der Waals surface area contributed by atoms with E-state index in [-0.39, 0.29) is 55.8 Å². The zero-order chi connectivity index (χ0) is 37.8. The highest BCUT2D eigenvalue weighted by atomic mass is 32.2. The molecule has 0 fully saturated rings. The van der Waals surface area contributed by atoms with E-state index in [0.717, 1.165) is 19.3 Å². The van der Waals surface area contributed by atoms with Crippen LogP contribution in [0.2, 0.25) is 0 Å². The van der Waals surface area contributed by atoms with Crippen LogP contribution in [0.1, 0.15) is 51.9 Å². The number of carbonyl (C=O) groups is 4. The van der Waals surface area contributed by atoms with E-state index in [4.69, 9.17) is 28.7 Å². The number of nitrogens with one attached hydrogen (secondary N) is 5. The first-order valence-corrected chi connectivity index (χ1v) is 18.2. The normalized spacial score (nSPS) is 12.3. The molecule has 2 aromatic rings. The topological polar surface area (TPSA) is 317 Å². The van der Waals surface area contributed by atoms with Crippen molar-refractivity contribution in [3.63, 3.8) is 0 Å². The summed E-state index contributed by atoms with van der Waals surface area (Å²) in [5, 5.41) is 11.8. The van der Waals surface area contributed by atoms with Crippen LogP contribution in [-0.2, 0) is 29.2 Å². The largest absolute Gasteiger partial charge is 0.377 e. The molecule has 0 aromatic heterocycles. The van der Waals surface area contributed by atoms with Crippen molar-refractivity contribution in [3.8, 4) is 0 Å². The molecule has 0 bridgehead atoms. The van der Waals surface area contributed by atoms with Crippen molar-refractivity contribution in [2.75, 3.05) is 44.6 Å².